The van der Waals surface area contributed by atoms with Crippen LogP contribution in [0, 0.1) is 11.1 Å². The van der Waals surface area contributed by atoms with E-state index in [4.69, 9.17) is 16.2 Å². The molecule has 48 valence electrons. The maximum absolute atomic E-state index is 8.63. The summed E-state index contributed by atoms with van der Waals surface area (Å²) < 4.78 is 0. The van der Waals surface area contributed by atoms with E-state index < -0.39 is 0 Å². The monoisotopic (exact) mass is 124 g/mol. The Balaban J connectivity index is 0.000000291. The molecule has 0 saturated carbocycles. The normalized spacial score (nSPS) is 7.11. The van der Waals surface area contributed by atoms with Crippen molar-refractivity contribution in [1.29, 1.82) is 11.1 Å². The van der Waals surface area contributed by atoms with Gasteiger partial charge in [-0.05, 0) is 12.1 Å². The SMILES string of the molecule is N=N.Oc1ccccc1. The van der Waals surface area contributed by atoms with Crippen molar-refractivity contribution in [3.8, 4) is 5.75 Å². The van der Waals surface area contributed by atoms with Crippen molar-refractivity contribution in [2.24, 2.45) is 0 Å². The molecule has 0 spiro atoms. The van der Waals surface area contributed by atoms with Crippen LogP contribution < -0.4 is 0 Å². The average molecular weight is 124 g/mol. The summed E-state index contributed by atoms with van der Waals surface area (Å²) in [6, 6.07) is 8.71. The number of phenolic OH excluding ortho intramolecular Hbond substituents is 1. The molecule has 3 nitrogen and oxygen atoms in total. The maximum Gasteiger partial charge on any atom is 0.115 e. The van der Waals surface area contributed by atoms with Gasteiger partial charge in [-0.3, -0.25) is 0 Å². The lowest BCUT2D eigenvalue weighted by Gasteiger charge is -1.82. The quantitative estimate of drug-likeness (QED) is 0.455. The molecule has 1 aromatic carbocycles. The number of hydrogen-bond donors (Lipinski definition) is 3. The highest BCUT2D eigenvalue weighted by atomic mass is 16.3. The molecule has 9 heavy (non-hydrogen) atoms. The third-order valence-electron chi connectivity index (χ3n) is 0.756. The Morgan fingerprint density at radius 3 is 1.67 bits per heavy atom. The summed E-state index contributed by atoms with van der Waals surface area (Å²) in [6.45, 7) is 0. The van der Waals surface area contributed by atoms with Crippen LogP contribution in [0.2, 0.25) is 0 Å². The molecule has 0 atom stereocenters. The van der Waals surface area contributed by atoms with Crippen LogP contribution >= 0.6 is 0 Å². The van der Waals surface area contributed by atoms with E-state index in [2.05, 4.69) is 0 Å². The Morgan fingerprint density at radius 2 is 1.44 bits per heavy atom. The predicted molar refractivity (Wildman–Crippen MR) is 33.5 cm³/mol. The summed E-state index contributed by atoms with van der Waals surface area (Å²) in [7, 11) is 0. The first kappa shape index (κ1) is 7.62. The van der Waals surface area contributed by atoms with Gasteiger partial charge in [0.2, 0.25) is 0 Å². The molecule has 0 aromatic heterocycles. The molecule has 3 N–H and O–H groups in total. The Morgan fingerprint density at radius 1 is 1.00 bits per heavy atom. The number of hydrogen-bond acceptors (Lipinski definition) is 3. The van der Waals surface area contributed by atoms with Crippen molar-refractivity contribution in [3.63, 3.8) is 0 Å². The fourth-order valence-electron chi connectivity index (χ4n) is 0.428. The Bertz CT molecular complexity index is 152. The van der Waals surface area contributed by atoms with Gasteiger partial charge in [0.25, 0.3) is 0 Å². The van der Waals surface area contributed by atoms with E-state index in [1.54, 1.807) is 24.3 Å². The molecule has 1 rings (SSSR count). The highest BCUT2D eigenvalue weighted by molar-refractivity contribution is 5.18. The number of nitrogens with one attached hydrogen (secondary N) is 2. The Hall–Kier alpha value is -1.38. The van der Waals surface area contributed by atoms with Crippen molar-refractivity contribution < 1.29 is 5.11 Å². The fraction of sp³-hybridized carbons (Fsp3) is 0. The molecule has 0 fully saturated rings. The lowest BCUT2D eigenvalue weighted by atomic mass is 10.3. The minimum Gasteiger partial charge on any atom is -0.508 e. The second-order valence-corrected chi connectivity index (χ2v) is 1.34. The average Bonchev–Trinajstić information content (AvgIpc) is 1.94. The van der Waals surface area contributed by atoms with Gasteiger partial charge in [0, 0.05) is 0 Å². The van der Waals surface area contributed by atoms with Crippen LogP contribution in [0.4, 0.5) is 0 Å². The summed E-state index contributed by atoms with van der Waals surface area (Å²) in [5.74, 6) is 0.322. The summed E-state index contributed by atoms with van der Waals surface area (Å²) in [5.41, 5.74) is 10.0. The third kappa shape index (κ3) is 3.22. The topological polar surface area (TPSA) is 67.9 Å². The summed E-state index contributed by atoms with van der Waals surface area (Å²) in [5, 5.41) is 8.63. The molecule has 3 heteroatoms. The van der Waals surface area contributed by atoms with Crippen LogP contribution in [0.3, 0.4) is 0 Å². The van der Waals surface area contributed by atoms with Gasteiger partial charge in [-0.1, -0.05) is 18.2 Å². The van der Waals surface area contributed by atoms with Gasteiger partial charge in [-0.15, -0.1) is 0 Å². The van der Waals surface area contributed by atoms with Gasteiger partial charge >= 0.3 is 0 Å². The van der Waals surface area contributed by atoms with Crippen LogP contribution in [-0.2, 0) is 0 Å². The molecule has 0 aliphatic rings. The van der Waals surface area contributed by atoms with Gasteiger partial charge in [0.15, 0.2) is 0 Å². The van der Waals surface area contributed by atoms with Gasteiger partial charge in [0.05, 0.1) is 0 Å². The van der Waals surface area contributed by atoms with E-state index in [9.17, 15) is 0 Å². The fourth-order valence-corrected chi connectivity index (χ4v) is 0.428. The van der Waals surface area contributed by atoms with E-state index in [0.717, 1.165) is 0 Å². The first-order valence-electron chi connectivity index (χ1n) is 2.38. The van der Waals surface area contributed by atoms with Crippen molar-refractivity contribution in [1.82, 2.24) is 0 Å². The second kappa shape index (κ2) is 4.77. The van der Waals surface area contributed by atoms with E-state index in [1.165, 1.54) is 0 Å². The molecule has 0 saturated heterocycles. The molecule has 0 radical (unpaired) electrons. The highest BCUT2D eigenvalue weighted by Gasteiger charge is 1.74. The number of phenols is 1. The zero-order valence-corrected chi connectivity index (χ0v) is 4.83. The molecule has 0 aliphatic carbocycles. The highest BCUT2D eigenvalue weighted by Crippen LogP contribution is 2.02. The predicted octanol–water partition coefficient (Wildman–Crippen LogP) is 1.99. The third-order valence-corrected chi connectivity index (χ3v) is 0.756. The Labute approximate surface area is 53.3 Å². The maximum atomic E-state index is 8.63. The standard InChI is InChI=1S/C6H6O.H2N2/c7-6-4-2-1-3-5-6;1-2/h1-5,7H;1-2H. The van der Waals surface area contributed by atoms with Gasteiger partial charge in [-0.25, -0.2) is 11.1 Å². The van der Waals surface area contributed by atoms with Crippen molar-refractivity contribution in [2.75, 3.05) is 0 Å². The van der Waals surface area contributed by atoms with Crippen molar-refractivity contribution in [3.05, 3.63) is 30.3 Å². The van der Waals surface area contributed by atoms with Crippen LogP contribution in [0.15, 0.2) is 30.3 Å². The van der Waals surface area contributed by atoms with Crippen molar-refractivity contribution in [2.45, 2.75) is 0 Å². The molecule has 0 bridgehead atoms. The first-order valence-corrected chi connectivity index (χ1v) is 2.38. The summed E-state index contributed by atoms with van der Waals surface area (Å²) in [6.07, 6.45) is 0. The van der Waals surface area contributed by atoms with Crippen LogP contribution in [0.5, 0.6) is 5.75 Å². The Kier molecular flexibility index (Phi) is 4.04. The van der Waals surface area contributed by atoms with Gasteiger partial charge in [0.1, 0.15) is 5.75 Å². The molecular formula is C6H8N2O. The number of rotatable bonds is 0. The van der Waals surface area contributed by atoms with Crippen LogP contribution in [-0.4, -0.2) is 5.11 Å². The molecule has 1 aromatic rings. The minimum absolute atomic E-state index is 0.322. The van der Waals surface area contributed by atoms with Crippen LogP contribution in [0.25, 0.3) is 0 Å². The van der Waals surface area contributed by atoms with Gasteiger partial charge in [-0.2, -0.15) is 0 Å². The molecule has 0 unspecified atom stereocenters. The minimum atomic E-state index is 0.322. The molecular weight excluding hydrogens is 116 g/mol. The first-order chi connectivity index (χ1) is 4.39. The zero-order chi connectivity index (χ0) is 7.11. The smallest absolute Gasteiger partial charge is 0.115 e. The number of aromatic hydroxyl groups is 1. The van der Waals surface area contributed by atoms with Crippen LogP contribution in [0.1, 0.15) is 0 Å². The van der Waals surface area contributed by atoms with E-state index in [1.807, 2.05) is 6.07 Å². The largest absolute Gasteiger partial charge is 0.508 e. The molecule has 0 heterocycles. The lowest BCUT2D eigenvalue weighted by molar-refractivity contribution is 0.475. The van der Waals surface area contributed by atoms with E-state index in [0.29, 0.717) is 5.75 Å². The van der Waals surface area contributed by atoms with E-state index in [-0.39, 0.29) is 0 Å². The summed E-state index contributed by atoms with van der Waals surface area (Å²) in [4.78, 5) is 0. The lowest BCUT2D eigenvalue weighted by Crippen LogP contribution is -1.56. The number of para-hydroxylation sites is 1. The van der Waals surface area contributed by atoms with Crippen molar-refractivity contribution >= 4 is 0 Å². The second-order valence-electron chi connectivity index (χ2n) is 1.34. The van der Waals surface area contributed by atoms with Gasteiger partial charge < -0.3 is 5.11 Å². The zero-order valence-electron chi connectivity index (χ0n) is 4.83. The number of benzene rings is 1. The molecule has 0 amide bonds. The molecule has 0 aliphatic heterocycles. The summed E-state index contributed by atoms with van der Waals surface area (Å²) >= 11 is 0. The van der Waals surface area contributed by atoms with E-state index >= 15 is 0 Å².